The summed E-state index contributed by atoms with van der Waals surface area (Å²) >= 11 is 0. The smallest absolute Gasteiger partial charge is 0.133 e. The lowest BCUT2D eigenvalue weighted by Gasteiger charge is -2.32. The van der Waals surface area contributed by atoms with Crippen molar-refractivity contribution in [1.29, 1.82) is 0 Å². The van der Waals surface area contributed by atoms with E-state index in [1.165, 1.54) is 0 Å². The molecule has 1 rings (SSSR count). The molecule has 0 spiro atoms. The topological polar surface area (TPSA) is 29.1 Å². The lowest BCUT2D eigenvalue weighted by Crippen LogP contribution is -2.41. The Bertz CT molecular complexity index is 116. The van der Waals surface area contributed by atoms with Gasteiger partial charge in [0.25, 0.3) is 0 Å². The number of rotatable bonds is 2. The number of nitrogens with one attached hydrogen (secondary N) is 1. The van der Waals surface area contributed by atoms with Gasteiger partial charge in [-0.1, -0.05) is 0 Å². The summed E-state index contributed by atoms with van der Waals surface area (Å²) in [6.45, 7) is 1.68. The molecule has 0 saturated heterocycles. The number of ketones is 1. The summed E-state index contributed by atoms with van der Waals surface area (Å²) < 4.78 is 0. The fourth-order valence-corrected chi connectivity index (χ4v) is 1.19. The van der Waals surface area contributed by atoms with E-state index in [1.807, 2.05) is 7.05 Å². The summed E-state index contributed by atoms with van der Waals surface area (Å²) in [4.78, 5) is 10.7. The fourth-order valence-electron chi connectivity index (χ4n) is 1.19. The number of carbonyl (C=O) groups is 1. The van der Waals surface area contributed by atoms with Crippen LogP contribution in [0.3, 0.4) is 0 Å². The normalized spacial score (nSPS) is 33.6. The first-order valence-corrected chi connectivity index (χ1v) is 3.41. The molecule has 52 valence electrons. The molecule has 0 radical (unpaired) electrons. The Morgan fingerprint density at radius 3 is 2.44 bits per heavy atom. The van der Waals surface area contributed by atoms with Crippen LogP contribution in [0.25, 0.3) is 0 Å². The molecule has 9 heavy (non-hydrogen) atoms. The summed E-state index contributed by atoms with van der Waals surface area (Å²) in [5.41, 5.74) is 0. The zero-order chi connectivity index (χ0) is 6.85. The van der Waals surface area contributed by atoms with Crippen molar-refractivity contribution in [1.82, 2.24) is 5.32 Å². The van der Waals surface area contributed by atoms with Crippen LogP contribution in [0, 0.1) is 5.92 Å². The molecular weight excluding hydrogens is 114 g/mol. The first kappa shape index (κ1) is 6.75. The Morgan fingerprint density at radius 2 is 2.11 bits per heavy atom. The van der Waals surface area contributed by atoms with E-state index in [-0.39, 0.29) is 0 Å². The number of hydrogen-bond acceptors (Lipinski definition) is 2. The van der Waals surface area contributed by atoms with E-state index in [0.29, 0.717) is 17.7 Å². The van der Waals surface area contributed by atoms with Crippen molar-refractivity contribution in [2.75, 3.05) is 7.05 Å². The maximum absolute atomic E-state index is 10.7. The van der Waals surface area contributed by atoms with Gasteiger partial charge in [0.2, 0.25) is 0 Å². The van der Waals surface area contributed by atoms with E-state index in [4.69, 9.17) is 0 Å². The van der Waals surface area contributed by atoms with Crippen molar-refractivity contribution in [2.45, 2.75) is 25.8 Å². The highest BCUT2D eigenvalue weighted by Crippen LogP contribution is 2.27. The van der Waals surface area contributed by atoms with E-state index < -0.39 is 0 Å². The van der Waals surface area contributed by atoms with E-state index in [9.17, 15) is 4.79 Å². The molecule has 0 aromatic rings. The van der Waals surface area contributed by atoms with E-state index in [0.717, 1.165) is 12.8 Å². The van der Waals surface area contributed by atoms with Crippen LogP contribution in [0.15, 0.2) is 0 Å². The van der Waals surface area contributed by atoms with Crippen LogP contribution in [-0.2, 0) is 4.79 Å². The third kappa shape index (κ3) is 1.30. The minimum Gasteiger partial charge on any atom is -0.317 e. The first-order chi connectivity index (χ1) is 4.24. The van der Waals surface area contributed by atoms with Crippen LogP contribution >= 0.6 is 0 Å². The predicted octanol–water partition coefficient (Wildman–Crippen LogP) is 0.573. The van der Waals surface area contributed by atoms with Gasteiger partial charge < -0.3 is 5.32 Å². The average molecular weight is 127 g/mol. The summed E-state index contributed by atoms with van der Waals surface area (Å²) in [5, 5.41) is 3.13. The number of carbonyl (C=O) groups excluding carboxylic acids is 1. The van der Waals surface area contributed by atoms with Gasteiger partial charge in [-0.05, 0) is 26.8 Å². The molecule has 2 nitrogen and oxygen atoms in total. The molecule has 1 N–H and O–H groups in total. The Hall–Kier alpha value is -0.370. The second-order valence-electron chi connectivity index (χ2n) is 2.76. The highest BCUT2D eigenvalue weighted by molar-refractivity contribution is 5.79. The third-order valence-corrected chi connectivity index (χ3v) is 2.12. The van der Waals surface area contributed by atoms with Crippen LogP contribution in [-0.4, -0.2) is 18.9 Å². The number of hydrogen-bond donors (Lipinski definition) is 1. The Labute approximate surface area is 55.6 Å². The second-order valence-corrected chi connectivity index (χ2v) is 2.76. The van der Waals surface area contributed by atoms with Crippen LogP contribution in [0.5, 0.6) is 0 Å². The highest BCUT2D eigenvalue weighted by Gasteiger charge is 2.30. The molecule has 0 unspecified atom stereocenters. The molecule has 0 bridgehead atoms. The fraction of sp³-hybridized carbons (Fsp3) is 0.857. The molecule has 0 atom stereocenters. The van der Waals surface area contributed by atoms with Crippen molar-refractivity contribution in [3.8, 4) is 0 Å². The standard InChI is InChI=1S/C7H13NO/c1-5(9)6-3-7(4-6)8-2/h6-8H,3-4H2,1-2H3/t6-,7+. The van der Waals surface area contributed by atoms with Gasteiger partial charge in [0.05, 0.1) is 0 Å². The Kier molecular flexibility index (Phi) is 1.86. The van der Waals surface area contributed by atoms with Crippen molar-refractivity contribution >= 4 is 5.78 Å². The maximum atomic E-state index is 10.7. The summed E-state index contributed by atoms with van der Waals surface area (Å²) in [5.74, 6) is 0.712. The van der Waals surface area contributed by atoms with Gasteiger partial charge in [-0.2, -0.15) is 0 Å². The lowest BCUT2D eigenvalue weighted by atomic mass is 9.78. The van der Waals surface area contributed by atoms with Gasteiger partial charge in [0, 0.05) is 12.0 Å². The van der Waals surface area contributed by atoms with Crippen LogP contribution in [0.4, 0.5) is 0 Å². The molecule has 0 aromatic heterocycles. The number of Topliss-reactive ketones (excluding diaryl/α,β-unsaturated/α-hetero) is 1. The maximum Gasteiger partial charge on any atom is 0.133 e. The molecule has 0 aromatic carbocycles. The van der Waals surface area contributed by atoms with Crippen molar-refractivity contribution < 1.29 is 4.79 Å². The molecule has 2 heteroatoms. The van der Waals surface area contributed by atoms with Crippen molar-refractivity contribution in [3.05, 3.63) is 0 Å². The van der Waals surface area contributed by atoms with Crippen LogP contribution < -0.4 is 5.32 Å². The lowest BCUT2D eigenvalue weighted by molar-refractivity contribution is -0.123. The highest BCUT2D eigenvalue weighted by atomic mass is 16.1. The molecule has 1 fully saturated rings. The van der Waals surface area contributed by atoms with Crippen molar-refractivity contribution in [2.24, 2.45) is 5.92 Å². The zero-order valence-corrected chi connectivity index (χ0v) is 5.98. The third-order valence-electron chi connectivity index (χ3n) is 2.12. The van der Waals surface area contributed by atoms with E-state index in [1.54, 1.807) is 6.92 Å². The largest absolute Gasteiger partial charge is 0.317 e. The van der Waals surface area contributed by atoms with Gasteiger partial charge in [-0.3, -0.25) is 4.79 Å². The summed E-state index contributed by atoms with van der Waals surface area (Å²) in [6.07, 6.45) is 2.09. The van der Waals surface area contributed by atoms with Crippen LogP contribution in [0.2, 0.25) is 0 Å². The zero-order valence-electron chi connectivity index (χ0n) is 5.98. The van der Waals surface area contributed by atoms with Gasteiger partial charge in [0.1, 0.15) is 5.78 Å². The molecule has 0 amide bonds. The first-order valence-electron chi connectivity index (χ1n) is 3.41. The second kappa shape index (κ2) is 2.48. The van der Waals surface area contributed by atoms with E-state index in [2.05, 4.69) is 5.32 Å². The Morgan fingerprint density at radius 1 is 1.56 bits per heavy atom. The van der Waals surface area contributed by atoms with Gasteiger partial charge in [-0.25, -0.2) is 0 Å². The molecule has 1 aliphatic rings. The summed E-state index contributed by atoms with van der Waals surface area (Å²) in [6, 6.07) is 0.610. The minimum atomic E-state index is 0.349. The minimum absolute atomic E-state index is 0.349. The molecule has 1 saturated carbocycles. The molecule has 1 aliphatic carbocycles. The molecular formula is C7H13NO. The monoisotopic (exact) mass is 127 g/mol. The predicted molar refractivity (Wildman–Crippen MR) is 36.3 cm³/mol. The Balaban J connectivity index is 2.19. The van der Waals surface area contributed by atoms with Gasteiger partial charge in [-0.15, -0.1) is 0 Å². The SMILES string of the molecule is CN[C@H]1C[C@@H](C(C)=O)C1. The average Bonchev–Trinajstić information content (AvgIpc) is 1.61. The molecule has 0 heterocycles. The van der Waals surface area contributed by atoms with Gasteiger partial charge in [0.15, 0.2) is 0 Å². The summed E-state index contributed by atoms with van der Waals surface area (Å²) in [7, 11) is 1.95. The van der Waals surface area contributed by atoms with Crippen LogP contribution in [0.1, 0.15) is 19.8 Å². The van der Waals surface area contributed by atoms with E-state index >= 15 is 0 Å². The van der Waals surface area contributed by atoms with Gasteiger partial charge >= 0.3 is 0 Å². The quantitative estimate of drug-likeness (QED) is 0.587. The van der Waals surface area contributed by atoms with Crippen molar-refractivity contribution in [3.63, 3.8) is 0 Å². The molecule has 0 aliphatic heterocycles.